The predicted octanol–water partition coefficient (Wildman–Crippen LogP) is 19.6. The first-order valence-corrected chi connectivity index (χ1v) is 31.5. The van der Waals surface area contributed by atoms with Gasteiger partial charge in [0.25, 0.3) is 0 Å². The Bertz CT molecular complexity index is 1030. The molecule has 0 rings (SSSR count). The number of aliphatic hydroxyl groups is 2. The summed E-state index contributed by atoms with van der Waals surface area (Å²) in [7, 11) is 0. The first-order chi connectivity index (χ1) is 34.0. The van der Waals surface area contributed by atoms with Gasteiger partial charge in [-0.2, -0.15) is 0 Å². The molecule has 0 spiro atoms. The van der Waals surface area contributed by atoms with E-state index >= 15 is 0 Å². The molecule has 0 aromatic heterocycles. The van der Waals surface area contributed by atoms with Gasteiger partial charge in [-0.25, -0.2) is 0 Å². The SMILES string of the molecule is CCCCCCCCCCCCCCCCCCCCCC/C=C/C(O)C(CO)NC(=O)CCCCCCCCCCCCCCCCCCCOC(=O)CCCCCCCCCCCCCCC. The lowest BCUT2D eigenvalue weighted by molar-refractivity contribution is -0.143. The summed E-state index contributed by atoms with van der Waals surface area (Å²) in [6, 6.07) is -0.632. The van der Waals surface area contributed by atoms with Crippen LogP contribution < -0.4 is 5.32 Å². The molecule has 0 aliphatic rings. The average Bonchev–Trinajstić information content (AvgIpc) is 3.35. The van der Waals surface area contributed by atoms with Crippen LogP contribution in [-0.2, 0) is 14.3 Å². The van der Waals surface area contributed by atoms with Crippen molar-refractivity contribution in [2.75, 3.05) is 13.2 Å². The molecule has 0 aromatic carbocycles. The van der Waals surface area contributed by atoms with Gasteiger partial charge in [0.2, 0.25) is 5.91 Å². The Morgan fingerprint density at radius 2 is 0.667 bits per heavy atom. The van der Waals surface area contributed by atoms with E-state index in [2.05, 4.69) is 19.2 Å². The monoisotopic (exact) mass is 974 g/mol. The Hall–Kier alpha value is -1.40. The highest BCUT2D eigenvalue weighted by Crippen LogP contribution is 2.18. The molecule has 2 atom stereocenters. The van der Waals surface area contributed by atoms with Gasteiger partial charge >= 0.3 is 5.97 Å². The highest BCUT2D eigenvalue weighted by atomic mass is 16.5. The fourth-order valence-electron chi connectivity index (χ4n) is 9.99. The van der Waals surface area contributed by atoms with Crippen molar-refractivity contribution in [3.63, 3.8) is 0 Å². The summed E-state index contributed by atoms with van der Waals surface area (Å²) >= 11 is 0. The first-order valence-electron chi connectivity index (χ1n) is 31.5. The number of nitrogens with one attached hydrogen (secondary N) is 1. The topological polar surface area (TPSA) is 95.9 Å². The summed E-state index contributed by atoms with van der Waals surface area (Å²) in [5, 5.41) is 23.2. The number of unbranched alkanes of at least 4 members (excludes halogenated alkanes) is 48. The maximum Gasteiger partial charge on any atom is 0.305 e. The number of amides is 1. The molecule has 3 N–H and O–H groups in total. The molecule has 0 saturated carbocycles. The van der Waals surface area contributed by atoms with Gasteiger partial charge in [-0.05, 0) is 32.1 Å². The number of carbonyl (C=O) groups is 2. The van der Waals surface area contributed by atoms with E-state index in [1.165, 1.54) is 289 Å². The van der Waals surface area contributed by atoms with Gasteiger partial charge in [-0.1, -0.05) is 321 Å². The first kappa shape index (κ1) is 67.6. The molecule has 6 nitrogen and oxygen atoms in total. The van der Waals surface area contributed by atoms with Gasteiger partial charge < -0.3 is 20.3 Å². The Morgan fingerprint density at radius 3 is 0.986 bits per heavy atom. The molecular weight excluding hydrogens is 851 g/mol. The van der Waals surface area contributed by atoms with Gasteiger partial charge in [0.15, 0.2) is 0 Å². The van der Waals surface area contributed by atoms with E-state index in [1.807, 2.05) is 6.08 Å². The zero-order valence-electron chi connectivity index (χ0n) is 46.8. The summed E-state index contributed by atoms with van der Waals surface area (Å²) in [5.41, 5.74) is 0. The van der Waals surface area contributed by atoms with Crippen LogP contribution in [0.3, 0.4) is 0 Å². The number of hydrogen-bond donors (Lipinski definition) is 3. The smallest absolute Gasteiger partial charge is 0.305 e. The average molecular weight is 975 g/mol. The largest absolute Gasteiger partial charge is 0.466 e. The summed E-state index contributed by atoms with van der Waals surface area (Å²) in [5.74, 6) is -0.0622. The molecule has 1 amide bonds. The van der Waals surface area contributed by atoms with Crippen LogP contribution >= 0.6 is 0 Å². The van der Waals surface area contributed by atoms with Crippen molar-refractivity contribution in [3.8, 4) is 0 Å². The summed E-state index contributed by atoms with van der Waals surface area (Å²) in [6.07, 6.45) is 71.0. The van der Waals surface area contributed by atoms with Crippen LogP contribution in [-0.4, -0.2) is 47.4 Å². The van der Waals surface area contributed by atoms with Crippen LogP contribution in [0.15, 0.2) is 12.2 Å². The van der Waals surface area contributed by atoms with Crippen molar-refractivity contribution in [3.05, 3.63) is 12.2 Å². The van der Waals surface area contributed by atoms with E-state index < -0.39 is 12.1 Å². The van der Waals surface area contributed by atoms with Crippen molar-refractivity contribution in [1.82, 2.24) is 5.32 Å². The third-order valence-electron chi connectivity index (χ3n) is 14.8. The third-order valence-corrected chi connectivity index (χ3v) is 14.8. The van der Waals surface area contributed by atoms with Crippen LogP contribution in [0.2, 0.25) is 0 Å². The van der Waals surface area contributed by atoms with Gasteiger partial charge in [-0.3, -0.25) is 9.59 Å². The zero-order valence-corrected chi connectivity index (χ0v) is 46.8. The molecule has 0 saturated heterocycles. The summed E-state index contributed by atoms with van der Waals surface area (Å²) in [4.78, 5) is 24.5. The van der Waals surface area contributed by atoms with Crippen LogP contribution in [0.25, 0.3) is 0 Å². The van der Waals surface area contributed by atoms with Crippen molar-refractivity contribution in [2.24, 2.45) is 0 Å². The minimum Gasteiger partial charge on any atom is -0.466 e. The number of aliphatic hydroxyl groups excluding tert-OH is 2. The van der Waals surface area contributed by atoms with Gasteiger partial charge in [-0.15, -0.1) is 0 Å². The number of allylic oxidation sites excluding steroid dienone is 1. The number of carbonyl (C=O) groups excluding carboxylic acids is 2. The van der Waals surface area contributed by atoms with Crippen molar-refractivity contribution in [1.29, 1.82) is 0 Å². The lowest BCUT2D eigenvalue weighted by atomic mass is 10.0. The third kappa shape index (κ3) is 55.8. The molecule has 69 heavy (non-hydrogen) atoms. The second kappa shape index (κ2) is 59.2. The lowest BCUT2D eigenvalue weighted by Gasteiger charge is -2.20. The molecule has 0 heterocycles. The minimum absolute atomic E-state index is 0.00695. The molecule has 410 valence electrons. The molecule has 0 radical (unpaired) electrons. The van der Waals surface area contributed by atoms with E-state index in [1.54, 1.807) is 6.08 Å². The number of ether oxygens (including phenoxy) is 1. The van der Waals surface area contributed by atoms with Crippen LogP contribution in [0.5, 0.6) is 0 Å². The van der Waals surface area contributed by atoms with E-state index in [9.17, 15) is 19.8 Å². The fraction of sp³-hybridized carbons (Fsp3) is 0.937. The fourth-order valence-corrected chi connectivity index (χ4v) is 9.99. The second-order valence-corrected chi connectivity index (χ2v) is 21.8. The van der Waals surface area contributed by atoms with E-state index in [0.717, 1.165) is 38.5 Å². The van der Waals surface area contributed by atoms with E-state index in [-0.39, 0.29) is 18.5 Å². The number of hydrogen-bond acceptors (Lipinski definition) is 5. The van der Waals surface area contributed by atoms with Crippen LogP contribution in [0.1, 0.15) is 354 Å². The van der Waals surface area contributed by atoms with Crippen molar-refractivity contribution < 1.29 is 24.5 Å². The Kier molecular flexibility index (Phi) is 58.0. The highest BCUT2D eigenvalue weighted by molar-refractivity contribution is 5.76. The molecule has 0 bridgehead atoms. The van der Waals surface area contributed by atoms with Crippen molar-refractivity contribution in [2.45, 2.75) is 366 Å². The van der Waals surface area contributed by atoms with E-state index in [4.69, 9.17) is 4.74 Å². The van der Waals surface area contributed by atoms with Crippen LogP contribution in [0.4, 0.5) is 0 Å². The molecule has 0 aliphatic heterocycles. The summed E-state index contributed by atoms with van der Waals surface area (Å²) < 4.78 is 5.48. The molecule has 0 aromatic rings. The maximum absolute atomic E-state index is 12.5. The second-order valence-electron chi connectivity index (χ2n) is 21.8. The summed E-state index contributed by atoms with van der Waals surface area (Å²) in [6.45, 7) is 4.93. The normalized spacial score (nSPS) is 12.6. The Balaban J connectivity index is 3.44. The number of rotatable bonds is 59. The predicted molar refractivity (Wildman–Crippen MR) is 301 cm³/mol. The molecule has 6 heteroatoms. The number of esters is 1. The maximum atomic E-state index is 12.5. The Morgan fingerprint density at radius 1 is 0.391 bits per heavy atom. The van der Waals surface area contributed by atoms with Gasteiger partial charge in [0, 0.05) is 12.8 Å². The standard InChI is InChI=1S/C63H123NO5/c1-3-5-7-9-11-13-15-17-18-19-20-21-22-23-25-28-32-35-39-43-47-51-55-61(66)60(59-65)64-62(67)56-52-48-44-40-36-33-29-26-24-27-30-34-38-42-46-50-54-58-69-63(68)57-53-49-45-41-37-31-16-14-12-10-8-6-4-2/h51,55,60-61,65-66H,3-50,52-54,56-59H2,1-2H3,(H,64,67)/b55-51+. The molecule has 0 fully saturated rings. The van der Waals surface area contributed by atoms with Gasteiger partial charge in [0.1, 0.15) is 0 Å². The lowest BCUT2D eigenvalue weighted by Crippen LogP contribution is -2.45. The molecule has 2 unspecified atom stereocenters. The van der Waals surface area contributed by atoms with Crippen LogP contribution in [0, 0.1) is 0 Å². The quantitative estimate of drug-likeness (QED) is 0.0321. The molecular formula is C63H123NO5. The van der Waals surface area contributed by atoms with Gasteiger partial charge in [0.05, 0.1) is 25.4 Å². The van der Waals surface area contributed by atoms with E-state index in [0.29, 0.717) is 19.4 Å². The zero-order chi connectivity index (χ0) is 50.0. The van der Waals surface area contributed by atoms with Crippen molar-refractivity contribution >= 4 is 11.9 Å². The Labute approximate surface area is 431 Å². The minimum atomic E-state index is -0.848. The molecule has 0 aliphatic carbocycles. The highest BCUT2D eigenvalue weighted by Gasteiger charge is 2.18.